The SMILES string of the molecule is Cc1ccc(S(=O)(=O)Oc2ccc3ccccc3c2/C=C2\SC(=O)N(Cc3ccccc3[N+](=O)[O-])C2=O)cc1. The minimum Gasteiger partial charge on any atom is -0.378 e. The van der Waals surface area contributed by atoms with Crippen molar-refractivity contribution in [2.75, 3.05) is 0 Å². The molecule has 5 rings (SSSR count). The van der Waals surface area contributed by atoms with Crippen molar-refractivity contribution in [3.8, 4) is 5.75 Å². The van der Waals surface area contributed by atoms with Gasteiger partial charge in [-0.2, -0.15) is 8.42 Å². The Balaban J connectivity index is 1.54. The van der Waals surface area contributed by atoms with Gasteiger partial charge in [0.15, 0.2) is 5.75 Å². The molecule has 0 aromatic heterocycles. The Morgan fingerprint density at radius 2 is 1.64 bits per heavy atom. The van der Waals surface area contributed by atoms with Crippen LogP contribution < -0.4 is 4.18 Å². The maximum atomic E-state index is 13.3. The van der Waals surface area contributed by atoms with Crippen molar-refractivity contribution < 1.29 is 27.1 Å². The Bertz CT molecular complexity index is 1780. The van der Waals surface area contributed by atoms with Crippen LogP contribution in [0.25, 0.3) is 16.8 Å². The molecule has 4 aromatic rings. The molecular weight excluding hydrogens is 540 g/mol. The van der Waals surface area contributed by atoms with Crippen molar-refractivity contribution in [2.45, 2.75) is 18.4 Å². The molecule has 0 bridgehead atoms. The van der Waals surface area contributed by atoms with E-state index in [0.717, 1.165) is 15.8 Å². The lowest BCUT2D eigenvalue weighted by molar-refractivity contribution is -0.385. The largest absolute Gasteiger partial charge is 0.378 e. The van der Waals surface area contributed by atoms with Crippen molar-refractivity contribution >= 4 is 55.6 Å². The Morgan fingerprint density at radius 3 is 2.38 bits per heavy atom. The third-order valence-corrected chi connectivity index (χ3v) is 8.26. The van der Waals surface area contributed by atoms with Crippen LogP contribution in [-0.2, 0) is 21.5 Å². The van der Waals surface area contributed by atoms with Gasteiger partial charge in [0.25, 0.3) is 16.8 Å². The minimum absolute atomic E-state index is 0.0141. The van der Waals surface area contributed by atoms with E-state index in [1.165, 1.54) is 42.5 Å². The molecule has 196 valence electrons. The number of nitro groups is 1. The first-order chi connectivity index (χ1) is 18.6. The molecule has 1 aliphatic rings. The average Bonchev–Trinajstić information content (AvgIpc) is 3.17. The van der Waals surface area contributed by atoms with Gasteiger partial charge < -0.3 is 4.18 Å². The minimum atomic E-state index is -4.21. The van der Waals surface area contributed by atoms with E-state index >= 15 is 0 Å². The zero-order chi connectivity index (χ0) is 27.7. The molecule has 1 aliphatic heterocycles. The number of rotatable bonds is 7. The van der Waals surface area contributed by atoms with E-state index in [0.29, 0.717) is 22.7 Å². The van der Waals surface area contributed by atoms with E-state index in [-0.39, 0.29) is 33.3 Å². The first kappa shape index (κ1) is 26.1. The smallest absolute Gasteiger partial charge is 0.339 e. The number of hydrogen-bond acceptors (Lipinski definition) is 8. The van der Waals surface area contributed by atoms with Crippen LogP contribution >= 0.6 is 11.8 Å². The molecule has 2 amide bonds. The number of amides is 2. The molecule has 0 saturated carbocycles. The standard InChI is InChI=1S/C28H20N2O7S2/c1-18-10-13-21(14-11-18)39(35,36)37-25-15-12-19-6-2-4-8-22(19)23(25)16-26-27(31)29(28(32)38-26)17-20-7-3-5-9-24(20)30(33)34/h2-16H,17H2,1H3/b26-16-. The number of hydrogen-bond donors (Lipinski definition) is 0. The molecule has 0 aliphatic carbocycles. The summed E-state index contributed by atoms with van der Waals surface area (Å²) >= 11 is 0.667. The van der Waals surface area contributed by atoms with Crippen molar-refractivity contribution in [2.24, 2.45) is 0 Å². The van der Waals surface area contributed by atoms with Crippen LogP contribution in [0.2, 0.25) is 0 Å². The lowest BCUT2D eigenvalue weighted by atomic mass is 10.0. The molecule has 1 saturated heterocycles. The predicted molar refractivity (Wildman–Crippen MR) is 148 cm³/mol. The molecule has 4 aromatic carbocycles. The zero-order valence-electron chi connectivity index (χ0n) is 20.4. The summed E-state index contributed by atoms with van der Waals surface area (Å²) in [5.41, 5.74) is 1.20. The van der Waals surface area contributed by atoms with Crippen molar-refractivity contribution in [1.82, 2.24) is 4.90 Å². The predicted octanol–water partition coefficient (Wildman–Crippen LogP) is 6.06. The first-order valence-corrected chi connectivity index (χ1v) is 13.9. The highest BCUT2D eigenvalue weighted by Gasteiger charge is 2.36. The average molecular weight is 561 g/mol. The van der Waals surface area contributed by atoms with E-state index in [1.54, 1.807) is 36.4 Å². The number of carbonyl (C=O) groups is 2. The zero-order valence-corrected chi connectivity index (χ0v) is 22.1. The molecule has 1 fully saturated rings. The number of aryl methyl sites for hydroxylation is 1. The number of fused-ring (bicyclic) bond motifs is 1. The van der Waals surface area contributed by atoms with Crippen LogP contribution in [0.15, 0.2) is 94.7 Å². The highest BCUT2D eigenvalue weighted by Crippen LogP contribution is 2.38. The summed E-state index contributed by atoms with van der Waals surface area (Å²) < 4.78 is 31.7. The monoisotopic (exact) mass is 560 g/mol. The van der Waals surface area contributed by atoms with Crippen LogP contribution in [0.4, 0.5) is 10.5 Å². The van der Waals surface area contributed by atoms with Gasteiger partial charge in [0.05, 0.1) is 16.4 Å². The van der Waals surface area contributed by atoms with E-state index in [4.69, 9.17) is 4.18 Å². The highest BCUT2D eigenvalue weighted by molar-refractivity contribution is 8.18. The van der Waals surface area contributed by atoms with Gasteiger partial charge in [-0.1, -0.05) is 66.2 Å². The van der Waals surface area contributed by atoms with Crippen molar-refractivity contribution in [3.63, 3.8) is 0 Å². The van der Waals surface area contributed by atoms with Crippen LogP contribution in [0, 0.1) is 17.0 Å². The fourth-order valence-electron chi connectivity index (χ4n) is 4.13. The lowest BCUT2D eigenvalue weighted by Gasteiger charge is -2.13. The second-order valence-electron chi connectivity index (χ2n) is 8.70. The summed E-state index contributed by atoms with van der Waals surface area (Å²) in [5.74, 6) is -0.664. The highest BCUT2D eigenvalue weighted by atomic mass is 32.2. The van der Waals surface area contributed by atoms with Gasteiger partial charge in [0.2, 0.25) is 0 Å². The van der Waals surface area contributed by atoms with Gasteiger partial charge in [-0.15, -0.1) is 0 Å². The molecule has 0 unspecified atom stereocenters. The quantitative estimate of drug-likeness (QED) is 0.116. The van der Waals surface area contributed by atoms with E-state index < -0.39 is 26.2 Å². The first-order valence-electron chi connectivity index (χ1n) is 11.6. The van der Waals surface area contributed by atoms with Gasteiger partial charge in [0, 0.05) is 17.2 Å². The second kappa shape index (κ2) is 10.4. The fraction of sp³-hybridized carbons (Fsp3) is 0.0714. The summed E-state index contributed by atoms with van der Waals surface area (Å²) in [6.07, 6.45) is 1.42. The van der Waals surface area contributed by atoms with Gasteiger partial charge in [-0.3, -0.25) is 24.6 Å². The number of benzene rings is 4. The van der Waals surface area contributed by atoms with Gasteiger partial charge >= 0.3 is 10.1 Å². The number of nitro benzene ring substituents is 1. The molecule has 1 heterocycles. The van der Waals surface area contributed by atoms with E-state index in [2.05, 4.69) is 0 Å². The van der Waals surface area contributed by atoms with Crippen molar-refractivity contribution in [1.29, 1.82) is 0 Å². The number of para-hydroxylation sites is 1. The summed E-state index contributed by atoms with van der Waals surface area (Å²) in [5, 5.41) is 12.2. The van der Waals surface area contributed by atoms with Gasteiger partial charge in [-0.05, 0) is 53.7 Å². The van der Waals surface area contributed by atoms with Crippen LogP contribution in [0.5, 0.6) is 5.75 Å². The lowest BCUT2D eigenvalue weighted by Crippen LogP contribution is -2.27. The molecule has 11 heteroatoms. The number of thioether (sulfide) groups is 1. The number of imide groups is 1. The van der Waals surface area contributed by atoms with Crippen LogP contribution in [0.3, 0.4) is 0 Å². The van der Waals surface area contributed by atoms with Crippen molar-refractivity contribution in [3.05, 3.63) is 117 Å². The van der Waals surface area contributed by atoms with Crippen LogP contribution in [0.1, 0.15) is 16.7 Å². The van der Waals surface area contributed by atoms with Gasteiger partial charge in [0.1, 0.15) is 4.90 Å². The summed E-state index contributed by atoms with van der Waals surface area (Å²) in [6, 6.07) is 22.4. The second-order valence-corrected chi connectivity index (χ2v) is 11.2. The fourth-order valence-corrected chi connectivity index (χ4v) is 5.90. The van der Waals surface area contributed by atoms with Crippen LogP contribution in [-0.4, -0.2) is 29.4 Å². The Hall–Kier alpha value is -4.48. The maximum Gasteiger partial charge on any atom is 0.339 e. The molecule has 0 atom stereocenters. The van der Waals surface area contributed by atoms with E-state index in [9.17, 15) is 28.1 Å². The third kappa shape index (κ3) is 5.27. The summed E-state index contributed by atoms with van der Waals surface area (Å²) in [4.78, 5) is 37.8. The Morgan fingerprint density at radius 1 is 0.949 bits per heavy atom. The molecule has 0 radical (unpaired) electrons. The topological polar surface area (TPSA) is 124 Å². The number of nitrogens with zero attached hydrogens (tertiary/aromatic N) is 2. The van der Waals surface area contributed by atoms with E-state index in [1.807, 2.05) is 19.1 Å². The Kier molecular flexibility index (Phi) is 6.94. The summed E-state index contributed by atoms with van der Waals surface area (Å²) in [6.45, 7) is 1.56. The molecule has 0 N–H and O–H groups in total. The third-order valence-electron chi connectivity index (χ3n) is 6.11. The normalized spacial score (nSPS) is 14.8. The molecular formula is C28H20N2O7S2. The maximum absolute atomic E-state index is 13.3. The number of carbonyl (C=O) groups excluding carboxylic acids is 2. The Labute approximate surface area is 228 Å². The molecule has 39 heavy (non-hydrogen) atoms. The molecule has 9 nitrogen and oxygen atoms in total. The summed E-state index contributed by atoms with van der Waals surface area (Å²) in [7, 11) is -4.21. The molecule has 0 spiro atoms. The van der Waals surface area contributed by atoms with Gasteiger partial charge in [-0.25, -0.2) is 0 Å².